The van der Waals surface area contributed by atoms with Gasteiger partial charge in [-0.25, -0.2) is 0 Å². The number of benzene rings is 1. The Morgan fingerprint density at radius 2 is 2.06 bits per heavy atom. The molecule has 0 aliphatic rings. The fraction of sp³-hybridized carbons (Fsp3) is 0.333. The van der Waals surface area contributed by atoms with E-state index >= 15 is 0 Å². The summed E-state index contributed by atoms with van der Waals surface area (Å²) in [7, 11) is 1.54. The summed E-state index contributed by atoms with van der Waals surface area (Å²) >= 11 is 5.99. The molecule has 4 nitrogen and oxygen atoms in total. The molecule has 1 N–H and O–H groups in total. The summed E-state index contributed by atoms with van der Waals surface area (Å²) < 4.78 is 5.18. The third-order valence-electron chi connectivity index (χ3n) is 2.32. The highest BCUT2D eigenvalue weighted by Gasteiger charge is 2.10. The van der Waals surface area contributed by atoms with Crippen molar-refractivity contribution in [2.75, 3.05) is 7.11 Å². The maximum absolute atomic E-state index is 11.1. The second kappa shape index (κ2) is 5.68. The molecule has 0 fully saturated rings. The molecule has 0 radical (unpaired) electrons. The average Bonchev–Trinajstić information content (AvgIpc) is 2.29. The van der Waals surface area contributed by atoms with E-state index in [1.165, 1.54) is 6.92 Å². The molecular weight excluding hydrogens is 242 g/mol. The highest BCUT2D eigenvalue weighted by atomic mass is 35.5. The van der Waals surface area contributed by atoms with E-state index < -0.39 is 11.7 Å². The molecule has 0 aliphatic carbocycles. The zero-order chi connectivity index (χ0) is 13.0. The molecule has 0 aromatic heterocycles. The number of carbonyl (C=O) groups is 2. The molecule has 1 aromatic carbocycles. The molecule has 1 aromatic rings. The third-order valence-corrected chi connectivity index (χ3v) is 2.73. The lowest BCUT2D eigenvalue weighted by Crippen LogP contribution is -2.28. The number of ketones is 1. The van der Waals surface area contributed by atoms with Crippen LogP contribution in [0.1, 0.15) is 18.1 Å². The van der Waals surface area contributed by atoms with Crippen molar-refractivity contribution < 1.29 is 14.3 Å². The van der Waals surface area contributed by atoms with Gasteiger partial charge in [0.1, 0.15) is 5.75 Å². The Labute approximate surface area is 105 Å². The minimum atomic E-state index is -0.622. The van der Waals surface area contributed by atoms with E-state index in [0.29, 0.717) is 10.8 Å². The minimum Gasteiger partial charge on any atom is -0.496 e. The summed E-state index contributed by atoms with van der Waals surface area (Å²) in [5, 5.41) is 3.09. The Morgan fingerprint density at radius 3 is 2.59 bits per heavy atom. The first-order chi connectivity index (χ1) is 7.95. The number of carbonyl (C=O) groups excluding carboxylic acids is 2. The summed E-state index contributed by atoms with van der Waals surface area (Å²) in [5.41, 5.74) is 1.63. The lowest BCUT2D eigenvalue weighted by molar-refractivity contribution is -0.136. The van der Waals surface area contributed by atoms with Gasteiger partial charge in [0.2, 0.25) is 5.78 Å². The van der Waals surface area contributed by atoms with E-state index in [4.69, 9.17) is 16.3 Å². The first-order valence-corrected chi connectivity index (χ1v) is 5.45. The predicted molar refractivity (Wildman–Crippen MR) is 65.3 cm³/mol. The molecule has 5 heteroatoms. The number of halogens is 1. The predicted octanol–water partition coefficient (Wildman–Crippen LogP) is 1.86. The number of methoxy groups -OCH3 is 1. The highest BCUT2D eigenvalue weighted by molar-refractivity contribution is 6.35. The van der Waals surface area contributed by atoms with Crippen molar-refractivity contribution >= 4 is 23.3 Å². The highest BCUT2D eigenvalue weighted by Crippen LogP contribution is 2.26. The molecule has 17 heavy (non-hydrogen) atoms. The van der Waals surface area contributed by atoms with Crippen LogP contribution in [0.25, 0.3) is 0 Å². The van der Waals surface area contributed by atoms with Crippen LogP contribution in [0.4, 0.5) is 0 Å². The molecule has 0 saturated carbocycles. The average molecular weight is 256 g/mol. The summed E-state index contributed by atoms with van der Waals surface area (Å²) in [4.78, 5) is 21.9. The summed E-state index contributed by atoms with van der Waals surface area (Å²) in [6.07, 6.45) is 0. The molecule has 0 unspecified atom stereocenters. The Hall–Kier alpha value is -1.55. The monoisotopic (exact) mass is 255 g/mol. The molecule has 92 valence electrons. The Balaban J connectivity index is 2.87. The molecule has 1 amide bonds. The van der Waals surface area contributed by atoms with E-state index in [9.17, 15) is 9.59 Å². The number of rotatable bonds is 4. The van der Waals surface area contributed by atoms with Crippen molar-refractivity contribution in [2.45, 2.75) is 20.4 Å². The fourth-order valence-corrected chi connectivity index (χ4v) is 1.51. The molecule has 0 aliphatic heterocycles. The quantitative estimate of drug-likeness (QED) is 0.836. The second-order valence-electron chi connectivity index (χ2n) is 3.65. The second-order valence-corrected chi connectivity index (χ2v) is 4.06. The third kappa shape index (κ3) is 3.46. The van der Waals surface area contributed by atoms with Gasteiger partial charge in [-0.1, -0.05) is 11.6 Å². The lowest BCUT2D eigenvalue weighted by Gasteiger charge is -2.11. The summed E-state index contributed by atoms with van der Waals surface area (Å²) in [5.74, 6) is -0.512. The first kappa shape index (κ1) is 13.5. The maximum atomic E-state index is 11.1. The van der Waals surface area contributed by atoms with Crippen LogP contribution in [-0.4, -0.2) is 18.8 Å². The molecule has 0 atom stereocenters. The fourth-order valence-electron chi connectivity index (χ4n) is 1.32. The minimum absolute atomic E-state index is 0.210. The van der Waals surface area contributed by atoms with Crippen LogP contribution in [0.3, 0.4) is 0 Å². The van der Waals surface area contributed by atoms with Crippen molar-refractivity contribution in [1.82, 2.24) is 5.32 Å². The van der Waals surface area contributed by atoms with Gasteiger partial charge in [0.25, 0.3) is 5.91 Å². The van der Waals surface area contributed by atoms with Gasteiger partial charge in [-0.2, -0.15) is 0 Å². The van der Waals surface area contributed by atoms with Crippen molar-refractivity contribution in [2.24, 2.45) is 0 Å². The number of hydrogen-bond donors (Lipinski definition) is 1. The summed E-state index contributed by atoms with van der Waals surface area (Å²) in [6.45, 7) is 3.29. The molecule has 0 heterocycles. The van der Waals surface area contributed by atoms with Crippen LogP contribution in [0.2, 0.25) is 5.02 Å². The number of Topliss-reactive ketones (excluding diaryl/α,β-unsaturated/α-hetero) is 1. The SMILES string of the molecule is COc1cc(C)c(Cl)cc1CNC(=O)C(C)=O. The van der Waals surface area contributed by atoms with E-state index in [1.807, 2.05) is 6.92 Å². The maximum Gasteiger partial charge on any atom is 0.287 e. The van der Waals surface area contributed by atoms with Crippen molar-refractivity contribution in [1.29, 1.82) is 0 Å². The van der Waals surface area contributed by atoms with Gasteiger partial charge in [-0.15, -0.1) is 0 Å². The topological polar surface area (TPSA) is 55.4 Å². The number of ether oxygens (including phenoxy) is 1. The molecule has 0 bridgehead atoms. The molecule has 1 rings (SSSR count). The van der Waals surface area contributed by atoms with Gasteiger partial charge in [0, 0.05) is 24.1 Å². The van der Waals surface area contributed by atoms with Crippen LogP contribution in [0.5, 0.6) is 5.75 Å². The van der Waals surface area contributed by atoms with Gasteiger partial charge in [0.05, 0.1) is 7.11 Å². The van der Waals surface area contributed by atoms with Gasteiger partial charge in [-0.05, 0) is 24.6 Å². The zero-order valence-corrected chi connectivity index (χ0v) is 10.7. The molecular formula is C12H14ClNO3. The van der Waals surface area contributed by atoms with Crippen molar-refractivity contribution in [3.63, 3.8) is 0 Å². The van der Waals surface area contributed by atoms with Crippen LogP contribution < -0.4 is 10.1 Å². The van der Waals surface area contributed by atoms with Crippen LogP contribution in [0, 0.1) is 6.92 Å². The number of hydrogen-bond acceptors (Lipinski definition) is 3. The van der Waals surface area contributed by atoms with Crippen LogP contribution in [0.15, 0.2) is 12.1 Å². The van der Waals surface area contributed by atoms with Gasteiger partial charge >= 0.3 is 0 Å². The van der Waals surface area contributed by atoms with Crippen molar-refractivity contribution in [3.05, 3.63) is 28.3 Å². The van der Waals surface area contributed by atoms with Gasteiger partial charge in [0.15, 0.2) is 0 Å². The van der Waals surface area contributed by atoms with Crippen molar-refractivity contribution in [3.8, 4) is 5.75 Å². The number of aryl methyl sites for hydroxylation is 1. The Morgan fingerprint density at radius 1 is 1.41 bits per heavy atom. The number of nitrogens with one attached hydrogen (secondary N) is 1. The van der Waals surface area contributed by atoms with Crippen LogP contribution in [-0.2, 0) is 16.1 Å². The molecule has 0 spiro atoms. The van der Waals surface area contributed by atoms with Gasteiger partial charge in [-0.3, -0.25) is 9.59 Å². The van der Waals surface area contributed by atoms with E-state index in [2.05, 4.69) is 5.32 Å². The largest absolute Gasteiger partial charge is 0.496 e. The number of amides is 1. The van der Waals surface area contributed by atoms with E-state index in [1.54, 1.807) is 19.2 Å². The lowest BCUT2D eigenvalue weighted by atomic mass is 10.1. The standard InChI is InChI=1S/C12H14ClNO3/c1-7-4-11(17-3)9(5-10(7)13)6-14-12(16)8(2)15/h4-5H,6H2,1-3H3,(H,14,16). The Kier molecular flexibility index (Phi) is 4.52. The molecule has 0 saturated heterocycles. The normalized spacial score (nSPS) is 9.88. The van der Waals surface area contributed by atoms with E-state index in [0.717, 1.165) is 11.1 Å². The Bertz CT molecular complexity index is 457. The first-order valence-electron chi connectivity index (χ1n) is 5.07. The summed E-state index contributed by atoms with van der Waals surface area (Å²) in [6, 6.07) is 3.51. The smallest absolute Gasteiger partial charge is 0.287 e. The zero-order valence-electron chi connectivity index (χ0n) is 9.96. The van der Waals surface area contributed by atoms with E-state index in [-0.39, 0.29) is 6.54 Å². The van der Waals surface area contributed by atoms with Gasteiger partial charge < -0.3 is 10.1 Å². The van der Waals surface area contributed by atoms with Crippen LogP contribution >= 0.6 is 11.6 Å².